The molecule has 0 unspecified atom stereocenters. The van der Waals surface area contributed by atoms with Crippen molar-refractivity contribution < 1.29 is 25.2 Å². The quantitative estimate of drug-likeness (QED) is 0.636. The van der Waals surface area contributed by atoms with Gasteiger partial charge in [0.25, 0.3) is 0 Å². The number of hydrogen-bond acceptors (Lipinski definition) is 5. The molecule has 0 aromatic heterocycles. The van der Waals surface area contributed by atoms with Crippen LogP contribution in [0.5, 0.6) is 23.0 Å². The normalized spacial score (nSPS) is 27.2. The molecule has 0 saturated carbocycles. The van der Waals surface area contributed by atoms with Gasteiger partial charge < -0.3 is 25.2 Å². The summed E-state index contributed by atoms with van der Waals surface area (Å²) in [6.45, 7) is 4.14. The van der Waals surface area contributed by atoms with Gasteiger partial charge in [-0.25, -0.2) is 0 Å². The third-order valence-corrected chi connectivity index (χ3v) is 4.73. The fourth-order valence-electron chi connectivity index (χ4n) is 3.16. The molecule has 0 spiro atoms. The summed E-state index contributed by atoms with van der Waals surface area (Å²) in [4.78, 5) is 0. The lowest BCUT2D eigenvalue weighted by Gasteiger charge is -2.17. The molecule has 5 heteroatoms. The third-order valence-electron chi connectivity index (χ3n) is 4.73. The number of rotatable bonds is 2. The summed E-state index contributed by atoms with van der Waals surface area (Å²) in [7, 11) is 0. The van der Waals surface area contributed by atoms with Crippen molar-refractivity contribution in [2.24, 2.45) is 11.8 Å². The van der Waals surface area contributed by atoms with Gasteiger partial charge in [0.15, 0.2) is 23.0 Å². The zero-order valence-corrected chi connectivity index (χ0v) is 13.0. The van der Waals surface area contributed by atoms with Crippen molar-refractivity contribution in [3.63, 3.8) is 0 Å². The molecule has 122 valence electrons. The van der Waals surface area contributed by atoms with Crippen LogP contribution in [-0.4, -0.2) is 20.4 Å². The van der Waals surface area contributed by atoms with E-state index in [0.29, 0.717) is 0 Å². The van der Waals surface area contributed by atoms with Crippen molar-refractivity contribution >= 4 is 0 Å². The van der Waals surface area contributed by atoms with Crippen molar-refractivity contribution in [3.8, 4) is 23.0 Å². The predicted octanol–water partition coefficient (Wildman–Crippen LogP) is 3.59. The molecule has 1 fully saturated rings. The van der Waals surface area contributed by atoms with Crippen LogP contribution in [0.3, 0.4) is 0 Å². The van der Waals surface area contributed by atoms with E-state index in [4.69, 9.17) is 4.74 Å². The summed E-state index contributed by atoms with van der Waals surface area (Å²) in [6.07, 6.45) is -0.449. The van der Waals surface area contributed by atoms with Gasteiger partial charge in [-0.3, -0.25) is 0 Å². The molecule has 2 aromatic carbocycles. The van der Waals surface area contributed by atoms with Gasteiger partial charge in [0, 0.05) is 0 Å². The third kappa shape index (κ3) is 2.68. The Kier molecular flexibility index (Phi) is 3.82. The highest BCUT2D eigenvalue weighted by molar-refractivity contribution is 5.43. The summed E-state index contributed by atoms with van der Waals surface area (Å²) in [5.74, 6) is -0.298. The Hall–Kier alpha value is -2.40. The van der Waals surface area contributed by atoms with Crippen LogP contribution in [0.15, 0.2) is 36.4 Å². The second kappa shape index (κ2) is 5.66. The molecular formula is C18H20O5. The van der Waals surface area contributed by atoms with Crippen LogP contribution < -0.4 is 0 Å². The lowest BCUT2D eigenvalue weighted by Crippen LogP contribution is -2.09. The Morgan fingerprint density at radius 1 is 0.652 bits per heavy atom. The minimum Gasteiger partial charge on any atom is -0.504 e. The molecule has 1 saturated heterocycles. The van der Waals surface area contributed by atoms with Gasteiger partial charge in [-0.15, -0.1) is 0 Å². The summed E-state index contributed by atoms with van der Waals surface area (Å²) in [5.41, 5.74) is 1.59. The standard InChI is InChI=1S/C18H20O5/c1-9-10(2)18(12-4-6-14(20)16(22)8-12)23-17(9)11-3-5-13(19)15(21)7-11/h3-10,17-22H,1-2H3/t9-,10-,17-,18-/m1/s1. The summed E-state index contributed by atoms with van der Waals surface area (Å²) < 4.78 is 6.16. The van der Waals surface area contributed by atoms with Crippen molar-refractivity contribution in [1.29, 1.82) is 0 Å². The van der Waals surface area contributed by atoms with Crippen molar-refractivity contribution in [2.75, 3.05) is 0 Å². The van der Waals surface area contributed by atoms with Gasteiger partial charge in [-0.1, -0.05) is 26.0 Å². The Morgan fingerprint density at radius 3 is 1.39 bits per heavy atom. The van der Waals surface area contributed by atoms with Crippen LogP contribution >= 0.6 is 0 Å². The van der Waals surface area contributed by atoms with Gasteiger partial charge in [-0.05, 0) is 47.2 Å². The first-order chi connectivity index (χ1) is 10.9. The van der Waals surface area contributed by atoms with Gasteiger partial charge in [0.1, 0.15) is 0 Å². The minimum absolute atomic E-state index is 0.160. The number of ether oxygens (including phenoxy) is 1. The van der Waals surface area contributed by atoms with Gasteiger partial charge in [0.05, 0.1) is 12.2 Å². The van der Waals surface area contributed by atoms with E-state index >= 15 is 0 Å². The molecule has 4 atom stereocenters. The molecule has 4 N–H and O–H groups in total. The molecule has 1 aliphatic heterocycles. The lowest BCUT2D eigenvalue weighted by molar-refractivity contribution is 0.0288. The van der Waals surface area contributed by atoms with E-state index in [1.807, 2.05) is 0 Å². The number of hydrogen-bond donors (Lipinski definition) is 4. The topological polar surface area (TPSA) is 90.2 Å². The molecule has 0 amide bonds. The summed E-state index contributed by atoms with van der Waals surface area (Å²) in [5, 5.41) is 38.3. The first-order valence-corrected chi connectivity index (χ1v) is 7.57. The van der Waals surface area contributed by atoms with Crippen LogP contribution in [-0.2, 0) is 4.74 Å². The first-order valence-electron chi connectivity index (χ1n) is 7.57. The maximum atomic E-state index is 9.70. The molecule has 0 bridgehead atoms. The molecule has 0 aliphatic carbocycles. The second-order valence-corrected chi connectivity index (χ2v) is 6.19. The van der Waals surface area contributed by atoms with Crippen LogP contribution in [0.2, 0.25) is 0 Å². The van der Waals surface area contributed by atoms with Crippen LogP contribution in [0.25, 0.3) is 0 Å². The van der Waals surface area contributed by atoms with E-state index in [0.717, 1.165) is 11.1 Å². The van der Waals surface area contributed by atoms with E-state index < -0.39 is 0 Å². The maximum absolute atomic E-state index is 9.70. The largest absolute Gasteiger partial charge is 0.504 e. The average Bonchev–Trinajstić information content (AvgIpc) is 2.81. The molecule has 2 aromatic rings. The molecule has 5 nitrogen and oxygen atoms in total. The number of aromatic hydroxyl groups is 4. The Bertz CT molecular complexity index is 666. The Labute approximate surface area is 134 Å². The summed E-state index contributed by atoms with van der Waals surface area (Å²) in [6, 6.07) is 9.40. The lowest BCUT2D eigenvalue weighted by atomic mass is 9.85. The number of benzene rings is 2. The fraction of sp³-hybridized carbons (Fsp3) is 0.333. The highest BCUT2D eigenvalue weighted by Crippen LogP contribution is 2.50. The van der Waals surface area contributed by atoms with Crippen molar-refractivity contribution in [1.82, 2.24) is 0 Å². The first kappa shape index (κ1) is 15.5. The Balaban J connectivity index is 1.91. The van der Waals surface area contributed by atoms with Crippen molar-refractivity contribution in [2.45, 2.75) is 26.1 Å². The SMILES string of the molecule is C[C@@H]1[C@@H](C)[C@H](c2ccc(O)c(O)c2)O[C@H]1c1ccc(O)c(O)c1. The van der Waals surface area contributed by atoms with Crippen LogP contribution in [0.1, 0.15) is 37.2 Å². The van der Waals surface area contributed by atoms with Crippen LogP contribution in [0.4, 0.5) is 0 Å². The van der Waals surface area contributed by atoms with E-state index in [1.165, 1.54) is 24.3 Å². The smallest absolute Gasteiger partial charge is 0.157 e. The number of phenols is 4. The average molecular weight is 316 g/mol. The minimum atomic E-state index is -0.225. The van der Waals surface area contributed by atoms with E-state index in [2.05, 4.69) is 13.8 Å². The molecule has 23 heavy (non-hydrogen) atoms. The molecular weight excluding hydrogens is 296 g/mol. The van der Waals surface area contributed by atoms with E-state index in [1.54, 1.807) is 12.1 Å². The zero-order chi connectivity index (χ0) is 16.7. The Morgan fingerprint density at radius 2 is 1.04 bits per heavy atom. The number of phenolic OH excluding ortho intramolecular Hbond substituents is 4. The van der Waals surface area contributed by atoms with E-state index in [-0.39, 0.29) is 47.0 Å². The van der Waals surface area contributed by atoms with Crippen LogP contribution in [0, 0.1) is 11.8 Å². The molecule has 1 heterocycles. The predicted molar refractivity (Wildman–Crippen MR) is 84.4 cm³/mol. The van der Waals surface area contributed by atoms with E-state index in [9.17, 15) is 20.4 Å². The highest BCUT2D eigenvalue weighted by atomic mass is 16.5. The molecule has 0 radical (unpaired) electrons. The van der Waals surface area contributed by atoms with Crippen molar-refractivity contribution in [3.05, 3.63) is 47.5 Å². The molecule has 1 aliphatic rings. The summed E-state index contributed by atoms with van der Waals surface area (Å²) >= 11 is 0. The van der Waals surface area contributed by atoms with Gasteiger partial charge in [-0.2, -0.15) is 0 Å². The monoisotopic (exact) mass is 316 g/mol. The second-order valence-electron chi connectivity index (χ2n) is 6.19. The highest BCUT2D eigenvalue weighted by Gasteiger charge is 2.40. The van der Waals surface area contributed by atoms with Gasteiger partial charge in [0.2, 0.25) is 0 Å². The maximum Gasteiger partial charge on any atom is 0.157 e. The molecule has 3 rings (SSSR count). The fourth-order valence-corrected chi connectivity index (χ4v) is 3.16. The zero-order valence-electron chi connectivity index (χ0n) is 13.0. The van der Waals surface area contributed by atoms with Gasteiger partial charge >= 0.3 is 0 Å².